The molecule has 1 aliphatic rings. The molecule has 5 nitrogen and oxygen atoms in total. The first kappa shape index (κ1) is 25.0. The van der Waals surface area contributed by atoms with Gasteiger partial charge in [-0.3, -0.25) is 9.69 Å². The molecule has 7 heteroatoms. The zero-order chi connectivity index (χ0) is 17.5. The minimum absolute atomic E-state index is 0. The van der Waals surface area contributed by atoms with E-state index in [4.69, 9.17) is 4.74 Å². The molecule has 1 aliphatic heterocycles. The van der Waals surface area contributed by atoms with E-state index in [0.717, 1.165) is 50.5 Å². The molecule has 1 aromatic carbocycles. The van der Waals surface area contributed by atoms with E-state index in [9.17, 15) is 4.79 Å². The van der Waals surface area contributed by atoms with Crippen molar-refractivity contribution >= 4 is 30.7 Å². The summed E-state index contributed by atoms with van der Waals surface area (Å²) in [5, 5.41) is 3.42. The van der Waals surface area contributed by atoms with Gasteiger partial charge in [0.1, 0.15) is 5.75 Å². The van der Waals surface area contributed by atoms with E-state index in [1.54, 1.807) is 7.11 Å². The van der Waals surface area contributed by atoms with E-state index in [1.807, 2.05) is 23.1 Å². The number of piperazine rings is 1. The SMILES string of the molecule is CCC(C(=O)N1CCNCC1c1ccccc1OC)N(CC)CC.Cl.Cl. The number of hydrogen-bond acceptors (Lipinski definition) is 4. The summed E-state index contributed by atoms with van der Waals surface area (Å²) >= 11 is 0. The van der Waals surface area contributed by atoms with Crippen molar-refractivity contribution in [1.29, 1.82) is 0 Å². The maximum Gasteiger partial charge on any atom is 0.240 e. The first-order valence-electron chi connectivity index (χ1n) is 9.05. The highest BCUT2D eigenvalue weighted by Crippen LogP contribution is 2.31. The second-order valence-corrected chi connectivity index (χ2v) is 6.14. The number of nitrogens with zero attached hydrogens (tertiary/aromatic N) is 2. The molecule has 1 heterocycles. The second-order valence-electron chi connectivity index (χ2n) is 6.14. The molecule has 0 radical (unpaired) electrons. The van der Waals surface area contributed by atoms with Gasteiger partial charge in [-0.15, -0.1) is 24.8 Å². The maximum absolute atomic E-state index is 13.3. The third-order valence-corrected chi connectivity index (χ3v) is 4.95. The van der Waals surface area contributed by atoms with Crippen LogP contribution in [0.5, 0.6) is 5.75 Å². The van der Waals surface area contributed by atoms with Gasteiger partial charge in [0.15, 0.2) is 0 Å². The number of rotatable bonds is 7. The summed E-state index contributed by atoms with van der Waals surface area (Å²) in [5.41, 5.74) is 1.08. The first-order chi connectivity index (χ1) is 11.7. The number of para-hydroxylation sites is 1. The van der Waals surface area contributed by atoms with E-state index in [2.05, 4.69) is 37.1 Å². The van der Waals surface area contributed by atoms with Gasteiger partial charge < -0.3 is 15.0 Å². The Morgan fingerprint density at radius 1 is 1.27 bits per heavy atom. The van der Waals surface area contributed by atoms with Crippen molar-refractivity contribution in [3.05, 3.63) is 29.8 Å². The number of likely N-dealkylation sites (N-methyl/N-ethyl adjacent to an activating group) is 1. The van der Waals surface area contributed by atoms with Gasteiger partial charge in [0.05, 0.1) is 19.2 Å². The summed E-state index contributed by atoms with van der Waals surface area (Å²) in [6.07, 6.45) is 0.836. The van der Waals surface area contributed by atoms with Crippen LogP contribution in [0.3, 0.4) is 0 Å². The normalized spacial score (nSPS) is 17.9. The van der Waals surface area contributed by atoms with Crippen molar-refractivity contribution in [1.82, 2.24) is 15.1 Å². The Balaban J connectivity index is 0.00000312. The number of amides is 1. The third kappa shape index (κ3) is 5.49. The van der Waals surface area contributed by atoms with Gasteiger partial charge in [-0.05, 0) is 25.6 Å². The summed E-state index contributed by atoms with van der Waals surface area (Å²) < 4.78 is 5.53. The predicted octanol–water partition coefficient (Wildman–Crippen LogP) is 3.13. The molecule has 0 aliphatic carbocycles. The highest BCUT2D eigenvalue weighted by atomic mass is 35.5. The van der Waals surface area contributed by atoms with Gasteiger partial charge in [0, 0.05) is 25.2 Å². The molecule has 1 amide bonds. The lowest BCUT2D eigenvalue weighted by Gasteiger charge is -2.41. The van der Waals surface area contributed by atoms with Crippen molar-refractivity contribution in [2.24, 2.45) is 0 Å². The summed E-state index contributed by atoms with van der Waals surface area (Å²) in [6, 6.07) is 7.98. The molecular formula is C19H33Cl2N3O2. The molecule has 2 atom stereocenters. The Kier molecular flexibility index (Phi) is 11.9. The number of methoxy groups -OCH3 is 1. The van der Waals surface area contributed by atoms with Crippen molar-refractivity contribution in [2.75, 3.05) is 39.8 Å². The highest BCUT2D eigenvalue weighted by Gasteiger charge is 2.34. The Morgan fingerprint density at radius 3 is 2.50 bits per heavy atom. The zero-order valence-corrected chi connectivity index (χ0v) is 17.9. The zero-order valence-electron chi connectivity index (χ0n) is 16.2. The standard InChI is InChI=1S/C19H31N3O2.2ClH/c1-5-16(21(6-2)7-3)19(23)22-13-12-20-14-17(22)15-10-8-9-11-18(15)24-4;;/h8-11,16-17,20H,5-7,12-14H2,1-4H3;2*1H. The van der Waals surface area contributed by atoms with Gasteiger partial charge in [0.2, 0.25) is 5.91 Å². The number of nitrogens with one attached hydrogen (secondary N) is 1. The molecule has 2 rings (SSSR count). The van der Waals surface area contributed by atoms with Crippen LogP contribution in [0.4, 0.5) is 0 Å². The quantitative estimate of drug-likeness (QED) is 0.756. The van der Waals surface area contributed by atoms with Gasteiger partial charge in [-0.2, -0.15) is 0 Å². The monoisotopic (exact) mass is 405 g/mol. The lowest BCUT2D eigenvalue weighted by atomic mass is 10.00. The molecular weight excluding hydrogens is 373 g/mol. The average molecular weight is 406 g/mol. The number of benzene rings is 1. The third-order valence-electron chi connectivity index (χ3n) is 4.95. The molecule has 150 valence electrons. The molecule has 1 N–H and O–H groups in total. The Labute approximate surface area is 170 Å². The van der Waals surface area contributed by atoms with Crippen LogP contribution in [-0.2, 0) is 4.79 Å². The van der Waals surface area contributed by atoms with Crippen LogP contribution in [0, 0.1) is 0 Å². The van der Waals surface area contributed by atoms with E-state index in [1.165, 1.54) is 0 Å². The van der Waals surface area contributed by atoms with Crippen LogP contribution in [0.25, 0.3) is 0 Å². The summed E-state index contributed by atoms with van der Waals surface area (Å²) in [6.45, 7) is 10.5. The molecule has 0 bridgehead atoms. The molecule has 2 unspecified atom stereocenters. The molecule has 26 heavy (non-hydrogen) atoms. The number of ether oxygens (including phenoxy) is 1. The largest absolute Gasteiger partial charge is 0.496 e. The lowest BCUT2D eigenvalue weighted by molar-refractivity contribution is -0.140. The Morgan fingerprint density at radius 2 is 1.92 bits per heavy atom. The smallest absolute Gasteiger partial charge is 0.240 e. The minimum Gasteiger partial charge on any atom is -0.496 e. The number of halogens is 2. The van der Waals surface area contributed by atoms with Crippen molar-refractivity contribution in [3.8, 4) is 5.75 Å². The van der Waals surface area contributed by atoms with Crippen molar-refractivity contribution < 1.29 is 9.53 Å². The van der Waals surface area contributed by atoms with Crippen LogP contribution in [0.15, 0.2) is 24.3 Å². The van der Waals surface area contributed by atoms with Gasteiger partial charge in [-0.25, -0.2) is 0 Å². The van der Waals surface area contributed by atoms with Crippen LogP contribution in [0.1, 0.15) is 38.8 Å². The number of carbonyl (C=O) groups is 1. The number of hydrogen-bond donors (Lipinski definition) is 1. The first-order valence-corrected chi connectivity index (χ1v) is 9.05. The lowest BCUT2D eigenvalue weighted by Crippen LogP contribution is -2.55. The summed E-state index contributed by atoms with van der Waals surface area (Å²) in [5.74, 6) is 1.08. The van der Waals surface area contributed by atoms with Crippen molar-refractivity contribution in [2.45, 2.75) is 39.3 Å². The fourth-order valence-electron chi connectivity index (χ4n) is 3.63. The molecule has 0 saturated carbocycles. The fraction of sp³-hybridized carbons (Fsp3) is 0.632. The molecule has 0 spiro atoms. The van der Waals surface area contributed by atoms with E-state index < -0.39 is 0 Å². The molecule has 1 fully saturated rings. The molecule has 1 aromatic rings. The molecule has 1 saturated heterocycles. The fourth-order valence-corrected chi connectivity index (χ4v) is 3.63. The van der Waals surface area contributed by atoms with Gasteiger partial charge in [-0.1, -0.05) is 39.0 Å². The highest BCUT2D eigenvalue weighted by molar-refractivity contribution is 5.85. The van der Waals surface area contributed by atoms with Gasteiger partial charge in [0.25, 0.3) is 0 Å². The van der Waals surface area contributed by atoms with Crippen LogP contribution in [-0.4, -0.2) is 61.6 Å². The summed E-state index contributed by atoms with van der Waals surface area (Å²) in [4.78, 5) is 17.6. The summed E-state index contributed by atoms with van der Waals surface area (Å²) in [7, 11) is 1.69. The second kappa shape index (κ2) is 12.4. The number of carbonyl (C=O) groups excluding carboxylic acids is 1. The van der Waals surface area contributed by atoms with E-state index in [0.29, 0.717) is 0 Å². The van der Waals surface area contributed by atoms with E-state index >= 15 is 0 Å². The van der Waals surface area contributed by atoms with E-state index in [-0.39, 0.29) is 42.8 Å². The average Bonchev–Trinajstić information content (AvgIpc) is 2.65. The molecule has 0 aromatic heterocycles. The Bertz CT molecular complexity index is 541. The van der Waals surface area contributed by atoms with Gasteiger partial charge >= 0.3 is 0 Å². The van der Waals surface area contributed by atoms with Crippen LogP contribution < -0.4 is 10.1 Å². The predicted molar refractivity (Wildman–Crippen MR) is 112 cm³/mol. The van der Waals surface area contributed by atoms with Crippen molar-refractivity contribution in [3.63, 3.8) is 0 Å². The van der Waals surface area contributed by atoms with Crippen LogP contribution in [0.2, 0.25) is 0 Å². The topological polar surface area (TPSA) is 44.8 Å². The Hall–Kier alpha value is -1.01. The minimum atomic E-state index is -0.0460. The maximum atomic E-state index is 13.3. The van der Waals surface area contributed by atoms with Crippen LogP contribution >= 0.6 is 24.8 Å².